The molecule has 0 atom stereocenters. The molecule has 0 saturated carbocycles. The lowest BCUT2D eigenvalue weighted by molar-refractivity contribution is 0.583. The molecule has 0 amide bonds. The lowest BCUT2D eigenvalue weighted by Gasteiger charge is -2.52. The summed E-state index contributed by atoms with van der Waals surface area (Å²) < 4.78 is 0. The fraction of sp³-hybridized carbons (Fsp3) is 0.158. The zero-order valence-corrected chi connectivity index (χ0v) is 34.9. The van der Waals surface area contributed by atoms with Crippen molar-refractivity contribution in [1.29, 1.82) is 0 Å². The molecule has 0 aromatic heterocycles. The summed E-state index contributed by atoms with van der Waals surface area (Å²) in [5.74, 6) is 0. The molecule has 0 radical (unpaired) electrons. The predicted molar refractivity (Wildman–Crippen MR) is 250 cm³/mol. The van der Waals surface area contributed by atoms with E-state index in [9.17, 15) is 0 Å². The molecule has 2 aliphatic rings. The van der Waals surface area contributed by atoms with Crippen LogP contribution in [0.2, 0.25) is 0 Å². The van der Waals surface area contributed by atoms with Crippen LogP contribution in [0.25, 0.3) is 22.3 Å². The second-order valence-electron chi connectivity index (χ2n) is 18.2. The Bertz CT molecular complexity index is 2710. The van der Waals surface area contributed by atoms with Gasteiger partial charge in [-0.15, -0.1) is 0 Å². The average molecular weight is 763 g/mol. The minimum absolute atomic E-state index is 0.0633. The fourth-order valence-corrected chi connectivity index (χ4v) is 9.52. The summed E-state index contributed by atoms with van der Waals surface area (Å²) in [7, 11) is 0. The number of fused-ring (bicyclic) bond motifs is 8. The van der Waals surface area contributed by atoms with E-state index in [1.54, 1.807) is 0 Å². The molecule has 2 nitrogen and oxygen atoms in total. The molecule has 2 heteroatoms. The zero-order chi connectivity index (χ0) is 40.5. The second kappa shape index (κ2) is 13.7. The molecule has 0 aliphatic carbocycles. The lowest BCUT2D eigenvalue weighted by Crippen LogP contribution is -2.42. The Balaban J connectivity index is 1.27. The SMILES string of the molecule is CC(C)(C)c1ccc2c(c1)C1(c3ccccc3N(c3ccc(-c4ccccc4)cc3)c3ccccc31)c1cc(C(C)(C)C)ccc1N2c1ccc(-c2ccccc2)cc1. The van der Waals surface area contributed by atoms with E-state index in [-0.39, 0.29) is 10.8 Å². The Hall–Kier alpha value is -6.64. The van der Waals surface area contributed by atoms with Crippen molar-refractivity contribution in [2.75, 3.05) is 9.80 Å². The summed E-state index contributed by atoms with van der Waals surface area (Å²) in [5.41, 5.74) is 19.0. The van der Waals surface area contributed by atoms with Crippen LogP contribution in [0.15, 0.2) is 194 Å². The molecule has 59 heavy (non-hydrogen) atoms. The van der Waals surface area contributed by atoms with Crippen molar-refractivity contribution in [3.8, 4) is 22.3 Å². The molecule has 0 N–H and O–H groups in total. The third kappa shape index (κ3) is 5.92. The van der Waals surface area contributed by atoms with E-state index in [1.165, 1.54) is 78.4 Å². The Kier molecular flexibility index (Phi) is 8.54. The zero-order valence-electron chi connectivity index (χ0n) is 34.9. The maximum absolute atomic E-state index is 2.53. The predicted octanol–water partition coefficient (Wildman–Crippen LogP) is 15.6. The first-order chi connectivity index (χ1) is 28.5. The Morgan fingerprint density at radius 2 is 0.627 bits per heavy atom. The van der Waals surface area contributed by atoms with Crippen LogP contribution in [0.1, 0.15) is 74.9 Å². The largest absolute Gasteiger partial charge is 0.310 e. The summed E-state index contributed by atoms with van der Waals surface area (Å²) in [5, 5.41) is 0. The van der Waals surface area contributed by atoms with E-state index in [0.29, 0.717) is 0 Å². The molecule has 1 spiro atoms. The molecule has 10 rings (SSSR count). The standard InChI is InChI=1S/C57H50N2/c1-55(2,3)43-29-35-53-49(37-43)57(50-38-44(56(4,5)6)30-36-54(50)59(53)46-33-27-42(28-34-46)40-19-11-8-12-20-40)47-21-13-15-23-51(47)58(52-24-16-14-22-48(52)57)45-31-25-41(26-32-45)39-17-9-7-10-18-39/h7-38H,1-6H3. The van der Waals surface area contributed by atoms with Gasteiger partial charge in [0.1, 0.15) is 0 Å². The van der Waals surface area contributed by atoms with Crippen LogP contribution in [0.4, 0.5) is 34.1 Å². The first-order valence-corrected chi connectivity index (χ1v) is 20.9. The third-order valence-corrected chi connectivity index (χ3v) is 12.6. The van der Waals surface area contributed by atoms with Gasteiger partial charge in [0.05, 0.1) is 28.2 Å². The van der Waals surface area contributed by atoms with Crippen LogP contribution in [-0.2, 0) is 16.2 Å². The highest BCUT2D eigenvalue weighted by Crippen LogP contribution is 2.64. The van der Waals surface area contributed by atoms with Crippen molar-refractivity contribution in [1.82, 2.24) is 0 Å². The first-order valence-electron chi connectivity index (χ1n) is 20.9. The van der Waals surface area contributed by atoms with Gasteiger partial charge >= 0.3 is 0 Å². The highest BCUT2D eigenvalue weighted by molar-refractivity contribution is 5.97. The number of hydrogen-bond acceptors (Lipinski definition) is 2. The van der Waals surface area contributed by atoms with E-state index in [1.807, 2.05) is 0 Å². The molecule has 2 heterocycles. The summed E-state index contributed by atoms with van der Waals surface area (Å²) in [6, 6.07) is 72.4. The smallest absolute Gasteiger partial charge is 0.0783 e. The molecule has 0 bridgehead atoms. The van der Waals surface area contributed by atoms with E-state index >= 15 is 0 Å². The van der Waals surface area contributed by atoms with E-state index in [4.69, 9.17) is 0 Å². The normalized spacial score (nSPS) is 14.0. The number of rotatable bonds is 4. The second-order valence-corrected chi connectivity index (χ2v) is 18.2. The van der Waals surface area contributed by atoms with Gasteiger partial charge in [0, 0.05) is 11.4 Å². The summed E-state index contributed by atoms with van der Waals surface area (Å²) in [6.07, 6.45) is 0. The van der Waals surface area contributed by atoms with Crippen LogP contribution in [0.5, 0.6) is 0 Å². The van der Waals surface area contributed by atoms with Gasteiger partial charge in [-0.25, -0.2) is 0 Å². The van der Waals surface area contributed by atoms with Gasteiger partial charge in [0.25, 0.3) is 0 Å². The van der Waals surface area contributed by atoms with E-state index in [0.717, 1.165) is 11.4 Å². The van der Waals surface area contributed by atoms with Crippen molar-refractivity contribution in [2.45, 2.75) is 57.8 Å². The van der Waals surface area contributed by atoms with E-state index < -0.39 is 5.41 Å². The maximum atomic E-state index is 2.53. The first kappa shape index (κ1) is 36.7. The number of hydrogen-bond donors (Lipinski definition) is 0. The van der Waals surface area contributed by atoms with Crippen LogP contribution in [0.3, 0.4) is 0 Å². The Labute approximate surface area is 350 Å². The summed E-state index contributed by atoms with van der Waals surface area (Å²) >= 11 is 0. The summed E-state index contributed by atoms with van der Waals surface area (Å²) in [6.45, 7) is 14.0. The van der Waals surface area contributed by atoms with Crippen molar-refractivity contribution < 1.29 is 0 Å². The molecule has 288 valence electrons. The van der Waals surface area contributed by atoms with Gasteiger partial charge in [0.15, 0.2) is 0 Å². The van der Waals surface area contributed by atoms with Gasteiger partial charge in [-0.05, 0) is 115 Å². The van der Waals surface area contributed by atoms with Crippen LogP contribution in [0, 0.1) is 0 Å². The molecular formula is C57H50N2. The molecule has 0 fully saturated rings. The van der Waals surface area contributed by atoms with Crippen molar-refractivity contribution in [3.63, 3.8) is 0 Å². The highest BCUT2D eigenvalue weighted by atomic mass is 15.2. The van der Waals surface area contributed by atoms with Crippen molar-refractivity contribution in [2.24, 2.45) is 0 Å². The number of nitrogens with zero attached hydrogens (tertiary/aromatic N) is 2. The fourth-order valence-electron chi connectivity index (χ4n) is 9.52. The summed E-state index contributed by atoms with van der Waals surface area (Å²) in [4.78, 5) is 5.00. The quantitative estimate of drug-likeness (QED) is 0.176. The van der Waals surface area contributed by atoms with Gasteiger partial charge in [0.2, 0.25) is 0 Å². The molecule has 0 unspecified atom stereocenters. The minimum Gasteiger partial charge on any atom is -0.310 e. The van der Waals surface area contributed by atoms with Gasteiger partial charge < -0.3 is 9.80 Å². The topological polar surface area (TPSA) is 6.48 Å². The van der Waals surface area contributed by atoms with Crippen molar-refractivity contribution in [3.05, 3.63) is 228 Å². The monoisotopic (exact) mass is 762 g/mol. The van der Waals surface area contributed by atoms with Crippen LogP contribution < -0.4 is 9.80 Å². The molecule has 2 aliphatic heterocycles. The number of para-hydroxylation sites is 2. The minimum atomic E-state index is -0.624. The van der Waals surface area contributed by atoms with Crippen LogP contribution in [-0.4, -0.2) is 0 Å². The van der Waals surface area contributed by atoms with Gasteiger partial charge in [-0.1, -0.05) is 187 Å². The van der Waals surface area contributed by atoms with Gasteiger partial charge in [-0.3, -0.25) is 0 Å². The highest BCUT2D eigenvalue weighted by Gasteiger charge is 2.52. The average Bonchev–Trinajstić information content (AvgIpc) is 3.26. The van der Waals surface area contributed by atoms with Crippen LogP contribution >= 0.6 is 0 Å². The third-order valence-electron chi connectivity index (χ3n) is 12.6. The Morgan fingerprint density at radius 3 is 1.00 bits per heavy atom. The number of benzene rings is 8. The van der Waals surface area contributed by atoms with Gasteiger partial charge in [-0.2, -0.15) is 0 Å². The molecular weight excluding hydrogens is 713 g/mol. The van der Waals surface area contributed by atoms with E-state index in [2.05, 4.69) is 245 Å². The maximum Gasteiger partial charge on any atom is 0.0783 e. The molecule has 8 aromatic rings. The number of anilines is 6. The molecule has 8 aromatic carbocycles. The molecule has 0 saturated heterocycles. The Morgan fingerprint density at radius 1 is 0.305 bits per heavy atom. The lowest BCUT2D eigenvalue weighted by atomic mass is 9.59. The van der Waals surface area contributed by atoms with Crippen molar-refractivity contribution >= 4 is 34.1 Å².